The van der Waals surface area contributed by atoms with Gasteiger partial charge in [-0.05, 0) is 37.6 Å². The summed E-state index contributed by atoms with van der Waals surface area (Å²) in [6.45, 7) is 7.44. The van der Waals surface area contributed by atoms with Gasteiger partial charge in [0.1, 0.15) is 18.2 Å². The van der Waals surface area contributed by atoms with Crippen molar-refractivity contribution in [2.45, 2.75) is 19.9 Å². The van der Waals surface area contributed by atoms with Gasteiger partial charge in [-0.3, -0.25) is 4.79 Å². The molecule has 0 saturated carbocycles. The number of hydrogen-bond acceptors (Lipinski definition) is 3. The number of rotatable bonds is 6. The van der Waals surface area contributed by atoms with E-state index in [2.05, 4.69) is 11.9 Å². The molecule has 1 aromatic rings. The second-order valence-corrected chi connectivity index (χ2v) is 5.53. The minimum absolute atomic E-state index is 0.0272. The number of hydrogen-bond donors (Lipinski definition) is 1. The predicted molar refractivity (Wildman–Crippen MR) is 89.0 cm³/mol. The smallest absolute Gasteiger partial charge is 0.262 e. The summed E-state index contributed by atoms with van der Waals surface area (Å²) in [6.07, 6.45) is 3.00. The average Bonchev–Trinajstić information content (AvgIpc) is 2.43. The van der Waals surface area contributed by atoms with E-state index in [4.69, 9.17) is 33.2 Å². The monoisotopic (exact) mass is 338 g/mol. The number of nitrogens with one attached hydrogen (secondary N) is 1. The quantitative estimate of drug-likeness (QED) is 0.484. The van der Waals surface area contributed by atoms with Gasteiger partial charge in [-0.1, -0.05) is 35.9 Å². The van der Waals surface area contributed by atoms with Crippen LogP contribution in [-0.2, 0) is 4.79 Å². The Balaban J connectivity index is 3.11. The largest absolute Gasteiger partial charge is 0.486 e. The molecule has 4 nitrogen and oxygen atoms in total. The molecule has 0 radical (unpaired) electrons. The highest BCUT2D eigenvalue weighted by atomic mass is 35.5. The number of benzene rings is 1. The van der Waals surface area contributed by atoms with Crippen molar-refractivity contribution in [1.82, 2.24) is 5.32 Å². The van der Waals surface area contributed by atoms with Crippen molar-refractivity contribution in [3.8, 4) is 11.8 Å². The van der Waals surface area contributed by atoms with E-state index in [1.165, 1.54) is 6.08 Å². The van der Waals surface area contributed by atoms with Crippen molar-refractivity contribution in [2.24, 2.45) is 0 Å². The van der Waals surface area contributed by atoms with Crippen LogP contribution >= 0.6 is 23.2 Å². The summed E-state index contributed by atoms with van der Waals surface area (Å²) in [6, 6.07) is 4.95. The molecule has 22 heavy (non-hydrogen) atoms. The molecule has 0 aliphatic heterocycles. The van der Waals surface area contributed by atoms with E-state index < -0.39 is 5.91 Å². The maximum absolute atomic E-state index is 11.9. The van der Waals surface area contributed by atoms with Gasteiger partial charge in [0.15, 0.2) is 5.75 Å². The SMILES string of the molecule is C=CCOc1c(Cl)cc(/C=C(/C#N)C(=O)NC(C)C)cc1Cl. The first-order valence-corrected chi connectivity index (χ1v) is 7.30. The van der Waals surface area contributed by atoms with E-state index in [-0.39, 0.29) is 18.2 Å². The van der Waals surface area contributed by atoms with Crippen molar-refractivity contribution >= 4 is 35.2 Å². The zero-order valence-electron chi connectivity index (χ0n) is 12.3. The highest BCUT2D eigenvalue weighted by Gasteiger charge is 2.13. The Morgan fingerprint density at radius 3 is 2.50 bits per heavy atom. The Kier molecular flexibility index (Phi) is 6.97. The van der Waals surface area contributed by atoms with E-state index in [0.29, 0.717) is 21.4 Å². The van der Waals surface area contributed by atoms with Gasteiger partial charge in [0.05, 0.1) is 10.0 Å². The standard InChI is InChI=1S/C16H16Cl2N2O2/c1-4-5-22-15-13(17)7-11(8-14(15)18)6-12(9-19)16(21)20-10(2)3/h4,6-8,10H,1,5H2,2-3H3,(H,20,21)/b12-6-. The summed E-state index contributed by atoms with van der Waals surface area (Å²) in [5.41, 5.74) is 0.511. The van der Waals surface area contributed by atoms with Crippen molar-refractivity contribution in [3.05, 3.63) is 46.0 Å². The molecule has 0 aliphatic carbocycles. The maximum atomic E-state index is 11.9. The number of ether oxygens (including phenoxy) is 1. The normalized spacial score (nSPS) is 11.0. The molecule has 0 heterocycles. The van der Waals surface area contributed by atoms with Crippen LogP contribution in [-0.4, -0.2) is 18.6 Å². The third-order valence-electron chi connectivity index (χ3n) is 2.46. The molecule has 0 atom stereocenters. The number of nitrogens with zero attached hydrogens (tertiary/aromatic N) is 1. The van der Waals surface area contributed by atoms with Gasteiger partial charge in [-0.15, -0.1) is 0 Å². The first kappa shape index (κ1) is 18.1. The van der Waals surface area contributed by atoms with Crippen LogP contribution in [0.1, 0.15) is 19.4 Å². The lowest BCUT2D eigenvalue weighted by atomic mass is 10.1. The van der Waals surface area contributed by atoms with Crippen LogP contribution in [0.5, 0.6) is 5.75 Å². The summed E-state index contributed by atoms with van der Waals surface area (Å²) in [5.74, 6) is -0.109. The Morgan fingerprint density at radius 1 is 1.45 bits per heavy atom. The molecule has 0 spiro atoms. The Bertz CT molecular complexity index is 623. The molecule has 0 aliphatic rings. The summed E-state index contributed by atoms with van der Waals surface area (Å²) < 4.78 is 5.36. The van der Waals surface area contributed by atoms with Gasteiger partial charge in [0, 0.05) is 6.04 Å². The van der Waals surface area contributed by atoms with Gasteiger partial charge in [-0.25, -0.2) is 0 Å². The number of nitriles is 1. The number of carbonyl (C=O) groups is 1. The lowest BCUT2D eigenvalue weighted by Crippen LogP contribution is -2.30. The fourth-order valence-corrected chi connectivity index (χ4v) is 2.21. The molecular formula is C16H16Cl2N2O2. The predicted octanol–water partition coefficient (Wildman–Crippen LogP) is 3.99. The van der Waals surface area contributed by atoms with Gasteiger partial charge < -0.3 is 10.1 Å². The third kappa shape index (κ3) is 5.10. The molecule has 6 heteroatoms. The van der Waals surface area contributed by atoms with Crippen molar-refractivity contribution in [3.63, 3.8) is 0 Å². The van der Waals surface area contributed by atoms with Crippen molar-refractivity contribution < 1.29 is 9.53 Å². The van der Waals surface area contributed by atoms with Gasteiger partial charge in [0.25, 0.3) is 5.91 Å². The van der Waals surface area contributed by atoms with Crippen LogP contribution in [0.4, 0.5) is 0 Å². The molecule has 116 valence electrons. The third-order valence-corrected chi connectivity index (χ3v) is 3.02. The highest BCUT2D eigenvalue weighted by molar-refractivity contribution is 6.37. The van der Waals surface area contributed by atoms with Crippen LogP contribution < -0.4 is 10.1 Å². The van der Waals surface area contributed by atoms with Crippen LogP contribution in [0.3, 0.4) is 0 Å². The number of halogens is 2. The molecule has 0 bridgehead atoms. The molecule has 1 N–H and O–H groups in total. The van der Waals surface area contributed by atoms with Crippen molar-refractivity contribution in [2.75, 3.05) is 6.61 Å². The Hall–Kier alpha value is -1.96. The number of carbonyl (C=O) groups excluding carboxylic acids is 1. The first-order chi connectivity index (χ1) is 10.4. The second kappa shape index (κ2) is 8.47. The van der Waals surface area contributed by atoms with Crippen LogP contribution in [0.15, 0.2) is 30.4 Å². The van der Waals surface area contributed by atoms with E-state index >= 15 is 0 Å². The molecule has 0 fully saturated rings. The minimum atomic E-state index is -0.447. The number of amides is 1. The summed E-state index contributed by atoms with van der Waals surface area (Å²) in [7, 11) is 0. The van der Waals surface area contributed by atoms with Crippen LogP contribution in [0.25, 0.3) is 6.08 Å². The zero-order valence-corrected chi connectivity index (χ0v) is 13.8. The lowest BCUT2D eigenvalue weighted by Gasteiger charge is -2.10. The second-order valence-electron chi connectivity index (χ2n) is 4.71. The van der Waals surface area contributed by atoms with Crippen LogP contribution in [0.2, 0.25) is 10.0 Å². The van der Waals surface area contributed by atoms with E-state index in [1.807, 2.05) is 19.9 Å². The van der Waals surface area contributed by atoms with Gasteiger partial charge >= 0.3 is 0 Å². The van der Waals surface area contributed by atoms with E-state index in [1.54, 1.807) is 18.2 Å². The Morgan fingerprint density at radius 2 is 2.05 bits per heavy atom. The molecular weight excluding hydrogens is 323 g/mol. The summed E-state index contributed by atoms with van der Waals surface area (Å²) in [4.78, 5) is 11.9. The molecule has 1 amide bonds. The first-order valence-electron chi connectivity index (χ1n) is 6.54. The van der Waals surface area contributed by atoms with Gasteiger partial charge in [0.2, 0.25) is 0 Å². The molecule has 1 aromatic carbocycles. The topological polar surface area (TPSA) is 62.1 Å². The minimum Gasteiger partial charge on any atom is -0.486 e. The molecule has 0 unspecified atom stereocenters. The molecule has 0 aromatic heterocycles. The van der Waals surface area contributed by atoms with E-state index in [9.17, 15) is 4.79 Å². The fourth-order valence-electron chi connectivity index (χ4n) is 1.60. The average molecular weight is 339 g/mol. The summed E-state index contributed by atoms with van der Waals surface area (Å²) in [5, 5.41) is 12.3. The van der Waals surface area contributed by atoms with Gasteiger partial charge in [-0.2, -0.15) is 5.26 Å². The zero-order chi connectivity index (χ0) is 16.7. The fraction of sp³-hybridized carbons (Fsp3) is 0.250. The molecule has 1 rings (SSSR count). The van der Waals surface area contributed by atoms with Crippen molar-refractivity contribution in [1.29, 1.82) is 5.26 Å². The lowest BCUT2D eigenvalue weighted by molar-refractivity contribution is -0.117. The molecule has 0 saturated heterocycles. The van der Waals surface area contributed by atoms with E-state index in [0.717, 1.165) is 0 Å². The summed E-state index contributed by atoms with van der Waals surface area (Å²) >= 11 is 12.2. The highest BCUT2D eigenvalue weighted by Crippen LogP contribution is 2.34. The van der Waals surface area contributed by atoms with Crippen LogP contribution in [0, 0.1) is 11.3 Å². The maximum Gasteiger partial charge on any atom is 0.262 e. The Labute approximate surface area is 140 Å².